The van der Waals surface area contributed by atoms with Crippen LogP contribution < -0.4 is 5.32 Å². The van der Waals surface area contributed by atoms with Gasteiger partial charge in [0, 0.05) is 24.7 Å². The number of hydrogen-bond acceptors (Lipinski definition) is 4. The van der Waals surface area contributed by atoms with Crippen LogP contribution in [0.15, 0.2) is 47.3 Å². The summed E-state index contributed by atoms with van der Waals surface area (Å²) >= 11 is 0. The molecule has 0 spiro atoms. The highest BCUT2D eigenvalue weighted by Crippen LogP contribution is 2.26. The maximum absolute atomic E-state index is 12.4. The van der Waals surface area contributed by atoms with Gasteiger partial charge in [0.05, 0.1) is 5.57 Å². The molecular formula is C19H19N3O2. The van der Waals surface area contributed by atoms with Crippen molar-refractivity contribution < 1.29 is 9.59 Å². The van der Waals surface area contributed by atoms with E-state index in [1.54, 1.807) is 12.1 Å². The minimum absolute atomic E-state index is 0.156. The van der Waals surface area contributed by atoms with E-state index in [2.05, 4.69) is 11.4 Å². The zero-order valence-corrected chi connectivity index (χ0v) is 13.6. The summed E-state index contributed by atoms with van der Waals surface area (Å²) in [6.07, 6.45) is 4.52. The van der Waals surface area contributed by atoms with Gasteiger partial charge < -0.3 is 10.2 Å². The number of amides is 1. The van der Waals surface area contributed by atoms with Gasteiger partial charge in [0.1, 0.15) is 17.5 Å². The number of nitrogens with zero attached hydrogens (tertiary/aromatic N) is 2. The van der Waals surface area contributed by atoms with Crippen LogP contribution in [-0.2, 0) is 4.79 Å². The molecule has 0 saturated carbocycles. The Balaban J connectivity index is 1.92. The van der Waals surface area contributed by atoms with E-state index in [1.165, 1.54) is 6.08 Å². The molecule has 1 amide bonds. The van der Waals surface area contributed by atoms with Gasteiger partial charge in [-0.25, -0.2) is 0 Å². The normalized spacial score (nSPS) is 19.4. The molecule has 1 aromatic carbocycles. The lowest BCUT2D eigenvalue weighted by atomic mass is 10.0. The lowest BCUT2D eigenvalue weighted by molar-refractivity contribution is -0.116. The van der Waals surface area contributed by atoms with Crippen molar-refractivity contribution in [2.75, 3.05) is 13.1 Å². The van der Waals surface area contributed by atoms with E-state index in [1.807, 2.05) is 24.0 Å². The summed E-state index contributed by atoms with van der Waals surface area (Å²) < 4.78 is 0. The lowest BCUT2D eigenvalue weighted by Gasteiger charge is -2.29. The fourth-order valence-electron chi connectivity index (χ4n) is 3.02. The second kappa shape index (κ2) is 6.71. The van der Waals surface area contributed by atoms with Crippen molar-refractivity contribution in [3.8, 4) is 6.07 Å². The number of likely N-dealkylation sites (tertiary alicyclic amines) is 1. The first-order chi connectivity index (χ1) is 11.6. The van der Waals surface area contributed by atoms with E-state index < -0.39 is 0 Å². The van der Waals surface area contributed by atoms with Crippen molar-refractivity contribution in [2.24, 2.45) is 0 Å². The quantitative estimate of drug-likeness (QED) is 0.685. The Bertz CT molecular complexity index is 776. The molecule has 0 bridgehead atoms. The highest BCUT2D eigenvalue weighted by Gasteiger charge is 2.31. The number of ketones is 1. The van der Waals surface area contributed by atoms with Gasteiger partial charge in [-0.3, -0.25) is 9.59 Å². The minimum Gasteiger partial charge on any atom is -0.357 e. The van der Waals surface area contributed by atoms with E-state index in [9.17, 15) is 14.9 Å². The zero-order valence-electron chi connectivity index (χ0n) is 13.6. The first kappa shape index (κ1) is 16.0. The van der Waals surface area contributed by atoms with Crippen molar-refractivity contribution in [1.82, 2.24) is 10.2 Å². The summed E-state index contributed by atoms with van der Waals surface area (Å²) in [6.45, 7) is 3.58. The van der Waals surface area contributed by atoms with E-state index in [-0.39, 0.29) is 22.8 Å². The molecule has 1 saturated heterocycles. The molecule has 0 unspecified atom stereocenters. The Morgan fingerprint density at radius 3 is 2.50 bits per heavy atom. The molecular weight excluding hydrogens is 302 g/mol. The molecule has 3 rings (SSSR count). The first-order valence-electron chi connectivity index (χ1n) is 8.14. The number of piperidine rings is 1. The predicted molar refractivity (Wildman–Crippen MR) is 89.8 cm³/mol. The summed E-state index contributed by atoms with van der Waals surface area (Å²) in [5.41, 5.74) is 1.98. The fourth-order valence-corrected chi connectivity index (χ4v) is 3.02. The molecule has 2 aliphatic heterocycles. The molecule has 1 aromatic rings. The van der Waals surface area contributed by atoms with Crippen LogP contribution in [0.25, 0.3) is 0 Å². The largest absolute Gasteiger partial charge is 0.357 e. The molecule has 5 nitrogen and oxygen atoms in total. The Morgan fingerprint density at radius 2 is 1.88 bits per heavy atom. The Morgan fingerprint density at radius 1 is 1.21 bits per heavy atom. The highest BCUT2D eigenvalue weighted by atomic mass is 16.2. The van der Waals surface area contributed by atoms with Gasteiger partial charge in [-0.15, -0.1) is 0 Å². The SMILES string of the molecule is Cc1ccc(C(=O)/C=C2/C(=O)NC(N3CCCCC3)=C2C#N)cc1. The predicted octanol–water partition coefficient (Wildman–Crippen LogP) is 2.46. The van der Waals surface area contributed by atoms with Crippen LogP contribution in [0.3, 0.4) is 0 Å². The summed E-state index contributed by atoms with van der Waals surface area (Å²) in [4.78, 5) is 26.7. The van der Waals surface area contributed by atoms with Crippen LogP contribution >= 0.6 is 0 Å². The molecule has 2 aliphatic rings. The molecule has 1 fully saturated rings. The Hall–Kier alpha value is -2.87. The number of benzene rings is 1. The van der Waals surface area contributed by atoms with Crippen LogP contribution in [0.1, 0.15) is 35.2 Å². The molecule has 1 N–H and O–H groups in total. The van der Waals surface area contributed by atoms with Crippen LogP contribution in [0.2, 0.25) is 0 Å². The van der Waals surface area contributed by atoms with Gasteiger partial charge in [0.15, 0.2) is 5.78 Å². The summed E-state index contributed by atoms with van der Waals surface area (Å²) in [5, 5.41) is 12.3. The third kappa shape index (κ3) is 3.09. The molecule has 0 radical (unpaired) electrons. The van der Waals surface area contributed by atoms with Gasteiger partial charge in [0.2, 0.25) is 0 Å². The average Bonchev–Trinajstić information content (AvgIpc) is 2.92. The van der Waals surface area contributed by atoms with Gasteiger partial charge in [0.25, 0.3) is 5.91 Å². The molecule has 0 atom stereocenters. The third-order valence-electron chi connectivity index (χ3n) is 4.38. The molecule has 24 heavy (non-hydrogen) atoms. The number of aryl methyl sites for hydroxylation is 1. The minimum atomic E-state index is -0.382. The van der Waals surface area contributed by atoms with Gasteiger partial charge in [-0.05, 0) is 26.2 Å². The molecule has 2 heterocycles. The van der Waals surface area contributed by atoms with E-state index in [0.29, 0.717) is 11.4 Å². The number of nitrogens with one attached hydrogen (secondary N) is 1. The first-order valence-corrected chi connectivity index (χ1v) is 8.14. The van der Waals surface area contributed by atoms with E-state index in [0.717, 1.165) is 37.9 Å². The molecule has 0 aromatic heterocycles. The van der Waals surface area contributed by atoms with Crippen LogP contribution in [-0.4, -0.2) is 29.7 Å². The van der Waals surface area contributed by atoms with Crippen molar-refractivity contribution >= 4 is 11.7 Å². The zero-order chi connectivity index (χ0) is 17.1. The molecule has 5 heteroatoms. The molecule has 122 valence electrons. The van der Waals surface area contributed by atoms with Crippen molar-refractivity contribution in [3.63, 3.8) is 0 Å². The maximum Gasteiger partial charge on any atom is 0.258 e. The van der Waals surface area contributed by atoms with Crippen molar-refractivity contribution in [3.05, 3.63) is 58.4 Å². The third-order valence-corrected chi connectivity index (χ3v) is 4.38. The fraction of sp³-hybridized carbons (Fsp3) is 0.316. The standard InChI is InChI=1S/C19H19N3O2/c1-13-5-7-14(8-6-13)17(23)11-15-16(12-20)18(21-19(15)24)22-9-3-2-4-10-22/h5-8,11H,2-4,9-10H2,1H3,(H,21,24)/b15-11+. The van der Waals surface area contributed by atoms with E-state index >= 15 is 0 Å². The Kier molecular flexibility index (Phi) is 4.48. The van der Waals surface area contributed by atoms with Crippen molar-refractivity contribution in [1.29, 1.82) is 5.26 Å². The Labute approximate surface area is 141 Å². The maximum atomic E-state index is 12.4. The van der Waals surface area contributed by atoms with Gasteiger partial charge in [-0.2, -0.15) is 5.26 Å². The van der Waals surface area contributed by atoms with Crippen molar-refractivity contribution in [2.45, 2.75) is 26.2 Å². The van der Waals surface area contributed by atoms with E-state index in [4.69, 9.17) is 0 Å². The summed E-state index contributed by atoms with van der Waals surface area (Å²) in [5.74, 6) is -0.106. The topological polar surface area (TPSA) is 73.2 Å². The number of allylic oxidation sites excluding steroid dienone is 1. The summed E-state index contributed by atoms with van der Waals surface area (Å²) in [7, 11) is 0. The molecule has 0 aliphatic carbocycles. The van der Waals surface area contributed by atoms with Crippen LogP contribution in [0.5, 0.6) is 0 Å². The van der Waals surface area contributed by atoms with Crippen LogP contribution in [0, 0.1) is 18.3 Å². The van der Waals surface area contributed by atoms with Gasteiger partial charge >= 0.3 is 0 Å². The number of carbonyl (C=O) groups excluding carboxylic acids is 2. The number of rotatable bonds is 3. The highest BCUT2D eigenvalue weighted by molar-refractivity contribution is 6.13. The monoisotopic (exact) mass is 321 g/mol. The second-order valence-electron chi connectivity index (χ2n) is 6.13. The van der Waals surface area contributed by atoms with Gasteiger partial charge in [-0.1, -0.05) is 29.8 Å². The van der Waals surface area contributed by atoms with Crippen LogP contribution in [0.4, 0.5) is 0 Å². The number of nitriles is 1. The lowest BCUT2D eigenvalue weighted by Crippen LogP contribution is -2.35. The number of carbonyl (C=O) groups is 2. The summed E-state index contributed by atoms with van der Waals surface area (Å²) in [6, 6.07) is 9.24. The smallest absolute Gasteiger partial charge is 0.258 e. The second-order valence-corrected chi connectivity index (χ2v) is 6.13. The average molecular weight is 321 g/mol. The number of hydrogen-bond donors (Lipinski definition) is 1.